The standard InChI is InChI=1S/C66H37N5O2/c1-2-17-38(18-3-1)62-69-63(71-65(70-62)48-26-16-34-57-60(48)45-23-8-13-32-55(45)73-57)39-35-36-41-40-19-4-9-27-49(40)66(52(41)37-39)50-28-10-5-20-42(50)58-47(25-14-29-51(58)66)64-67-53-30-11-6-21-43(53)61(68-64)46-24-15-33-56-59(46)44-22-7-12-31-54(44)72-56/h1-37H. The Morgan fingerprint density at radius 2 is 0.795 bits per heavy atom. The lowest BCUT2D eigenvalue weighted by molar-refractivity contribution is 0.668. The molecule has 1 atom stereocenters. The Bertz CT molecular complexity index is 4650. The first kappa shape index (κ1) is 39.9. The van der Waals surface area contributed by atoms with Crippen LogP contribution in [-0.2, 0) is 5.41 Å². The van der Waals surface area contributed by atoms with E-state index in [1.54, 1.807) is 0 Å². The Hall–Kier alpha value is -9.85. The summed E-state index contributed by atoms with van der Waals surface area (Å²) in [5.74, 6) is 2.42. The van der Waals surface area contributed by atoms with Gasteiger partial charge in [0, 0.05) is 54.7 Å². The molecule has 0 saturated heterocycles. The van der Waals surface area contributed by atoms with Crippen LogP contribution in [0.3, 0.4) is 0 Å². The monoisotopic (exact) mass is 931 g/mol. The van der Waals surface area contributed by atoms with Crippen LogP contribution in [0.5, 0.6) is 0 Å². The summed E-state index contributed by atoms with van der Waals surface area (Å²) in [6.07, 6.45) is 0. The first-order valence-electron chi connectivity index (χ1n) is 24.6. The molecule has 73 heavy (non-hydrogen) atoms. The molecule has 2 aliphatic carbocycles. The average molecular weight is 932 g/mol. The Balaban J connectivity index is 0.932. The van der Waals surface area contributed by atoms with Crippen molar-refractivity contribution in [2.45, 2.75) is 5.41 Å². The molecule has 0 N–H and O–H groups in total. The van der Waals surface area contributed by atoms with Gasteiger partial charge in [-0.05, 0) is 80.9 Å². The van der Waals surface area contributed by atoms with Gasteiger partial charge in [0.05, 0.1) is 16.6 Å². The molecule has 7 nitrogen and oxygen atoms in total. The molecule has 0 saturated carbocycles. The van der Waals surface area contributed by atoms with Crippen molar-refractivity contribution in [1.29, 1.82) is 0 Å². The van der Waals surface area contributed by atoms with Gasteiger partial charge in [0.15, 0.2) is 23.3 Å². The molecule has 10 aromatic carbocycles. The summed E-state index contributed by atoms with van der Waals surface area (Å²) in [6.45, 7) is 0. The Morgan fingerprint density at radius 1 is 0.288 bits per heavy atom. The minimum absolute atomic E-state index is 0.577. The van der Waals surface area contributed by atoms with Gasteiger partial charge in [0.2, 0.25) is 0 Å². The topological polar surface area (TPSA) is 90.7 Å². The maximum Gasteiger partial charge on any atom is 0.164 e. The molecular weight excluding hydrogens is 895 g/mol. The molecular formula is C66H37N5O2. The van der Waals surface area contributed by atoms with Crippen LogP contribution in [0.4, 0.5) is 0 Å². The second-order valence-electron chi connectivity index (χ2n) is 19.0. The molecule has 0 fully saturated rings. The van der Waals surface area contributed by atoms with Crippen LogP contribution in [0.1, 0.15) is 22.3 Å². The van der Waals surface area contributed by atoms with E-state index >= 15 is 0 Å². The molecule has 4 aromatic heterocycles. The smallest absolute Gasteiger partial charge is 0.164 e. The molecule has 0 radical (unpaired) electrons. The van der Waals surface area contributed by atoms with Crippen molar-refractivity contribution in [3.8, 4) is 79.1 Å². The first-order valence-corrected chi connectivity index (χ1v) is 24.6. The lowest BCUT2D eigenvalue weighted by atomic mass is 9.70. The zero-order valence-electron chi connectivity index (χ0n) is 38.9. The zero-order valence-corrected chi connectivity index (χ0v) is 38.9. The van der Waals surface area contributed by atoms with E-state index in [4.69, 9.17) is 33.8 Å². The molecule has 0 aliphatic heterocycles. The predicted molar refractivity (Wildman–Crippen MR) is 291 cm³/mol. The third-order valence-electron chi connectivity index (χ3n) is 15.2. The zero-order chi connectivity index (χ0) is 47.8. The number of furan rings is 2. The Morgan fingerprint density at radius 3 is 1.56 bits per heavy atom. The largest absolute Gasteiger partial charge is 0.456 e. The van der Waals surface area contributed by atoms with E-state index in [0.717, 1.165) is 99.4 Å². The van der Waals surface area contributed by atoms with Gasteiger partial charge < -0.3 is 8.83 Å². The Kier molecular flexibility index (Phi) is 8.25. The number of benzene rings is 10. The van der Waals surface area contributed by atoms with Crippen molar-refractivity contribution in [3.63, 3.8) is 0 Å². The molecule has 1 unspecified atom stereocenters. The van der Waals surface area contributed by atoms with E-state index in [1.165, 1.54) is 33.4 Å². The van der Waals surface area contributed by atoms with Gasteiger partial charge in [0.25, 0.3) is 0 Å². The predicted octanol–water partition coefficient (Wildman–Crippen LogP) is 16.3. The summed E-state index contributed by atoms with van der Waals surface area (Å²) >= 11 is 0. The van der Waals surface area contributed by atoms with Gasteiger partial charge in [0.1, 0.15) is 22.3 Å². The molecule has 4 heterocycles. The highest BCUT2D eigenvalue weighted by Gasteiger charge is 2.52. The van der Waals surface area contributed by atoms with E-state index in [2.05, 4.69) is 158 Å². The minimum Gasteiger partial charge on any atom is -0.456 e. The van der Waals surface area contributed by atoms with Crippen molar-refractivity contribution < 1.29 is 8.83 Å². The van der Waals surface area contributed by atoms with Gasteiger partial charge >= 0.3 is 0 Å². The molecule has 16 rings (SSSR count). The number of para-hydroxylation sites is 3. The highest BCUT2D eigenvalue weighted by molar-refractivity contribution is 6.15. The van der Waals surface area contributed by atoms with Gasteiger partial charge in [-0.25, -0.2) is 24.9 Å². The highest BCUT2D eigenvalue weighted by Crippen LogP contribution is 2.64. The van der Waals surface area contributed by atoms with Gasteiger partial charge in [-0.2, -0.15) is 0 Å². The quantitative estimate of drug-likeness (QED) is 0.170. The summed E-state index contributed by atoms with van der Waals surface area (Å²) in [6, 6.07) is 78.4. The van der Waals surface area contributed by atoms with Crippen LogP contribution in [0.25, 0.3) is 134 Å². The van der Waals surface area contributed by atoms with E-state index in [1.807, 2.05) is 66.7 Å². The summed E-state index contributed by atoms with van der Waals surface area (Å²) < 4.78 is 12.8. The van der Waals surface area contributed by atoms with E-state index < -0.39 is 5.41 Å². The van der Waals surface area contributed by atoms with E-state index in [9.17, 15) is 0 Å². The van der Waals surface area contributed by atoms with Crippen molar-refractivity contribution in [3.05, 3.63) is 247 Å². The highest BCUT2D eigenvalue weighted by atomic mass is 16.3. The van der Waals surface area contributed by atoms with Crippen LogP contribution in [0.15, 0.2) is 233 Å². The van der Waals surface area contributed by atoms with Crippen molar-refractivity contribution in [1.82, 2.24) is 24.9 Å². The molecule has 0 bridgehead atoms. The third kappa shape index (κ3) is 5.61. The van der Waals surface area contributed by atoms with Crippen molar-refractivity contribution >= 4 is 54.8 Å². The fourth-order valence-electron chi connectivity index (χ4n) is 12.2. The summed E-state index contributed by atoms with van der Waals surface area (Å²) in [4.78, 5) is 26.9. The summed E-state index contributed by atoms with van der Waals surface area (Å²) in [7, 11) is 0. The van der Waals surface area contributed by atoms with Crippen LogP contribution < -0.4 is 0 Å². The SMILES string of the molecule is c1ccc(-c2nc(-c3ccc4c(c3)C3(c5ccccc5-4)c4ccccc4-c4c(-c5nc(-c6cccc7oc8ccccc8c67)c6ccccc6n5)cccc43)nc(-c3cccc4oc5ccccc5c34)n2)cc1. The second kappa shape index (κ2) is 15.1. The maximum absolute atomic E-state index is 6.41. The second-order valence-corrected chi connectivity index (χ2v) is 19.0. The molecule has 1 spiro atoms. The average Bonchev–Trinajstić information content (AvgIpc) is 4.20. The van der Waals surface area contributed by atoms with Crippen molar-refractivity contribution in [2.75, 3.05) is 0 Å². The maximum atomic E-state index is 6.41. The summed E-state index contributed by atoms with van der Waals surface area (Å²) in [5, 5.41) is 5.06. The number of rotatable bonds is 5. The van der Waals surface area contributed by atoms with Crippen LogP contribution in [-0.4, -0.2) is 24.9 Å². The fraction of sp³-hybridized carbons (Fsp3) is 0.0152. The fourth-order valence-corrected chi connectivity index (χ4v) is 12.2. The lowest BCUT2D eigenvalue weighted by Crippen LogP contribution is -2.26. The number of fused-ring (bicyclic) bond motifs is 17. The van der Waals surface area contributed by atoms with Crippen LogP contribution in [0, 0.1) is 0 Å². The van der Waals surface area contributed by atoms with Gasteiger partial charge in [-0.15, -0.1) is 0 Å². The van der Waals surface area contributed by atoms with E-state index in [-0.39, 0.29) is 0 Å². The number of nitrogens with zero attached hydrogens (tertiary/aromatic N) is 5. The number of hydrogen-bond donors (Lipinski definition) is 0. The number of hydrogen-bond acceptors (Lipinski definition) is 7. The summed E-state index contributed by atoms with van der Waals surface area (Å²) in [5.41, 5.74) is 18.4. The lowest BCUT2D eigenvalue weighted by Gasteiger charge is -2.30. The van der Waals surface area contributed by atoms with Gasteiger partial charge in [-0.1, -0.05) is 188 Å². The third-order valence-corrected chi connectivity index (χ3v) is 15.2. The van der Waals surface area contributed by atoms with Crippen molar-refractivity contribution in [2.24, 2.45) is 0 Å². The first-order chi connectivity index (χ1) is 36.2. The molecule has 7 heteroatoms. The van der Waals surface area contributed by atoms with Crippen LogP contribution in [0.2, 0.25) is 0 Å². The van der Waals surface area contributed by atoms with Crippen LogP contribution >= 0.6 is 0 Å². The molecule has 14 aromatic rings. The molecule has 2 aliphatic rings. The van der Waals surface area contributed by atoms with E-state index in [0.29, 0.717) is 23.3 Å². The Labute approximate surface area is 417 Å². The number of aromatic nitrogens is 5. The normalized spacial score (nSPS) is 14.4. The minimum atomic E-state index is -0.690. The van der Waals surface area contributed by atoms with Gasteiger partial charge in [-0.3, -0.25) is 0 Å². The molecule has 0 amide bonds. The molecule has 338 valence electrons.